The molecule has 10 nitrogen and oxygen atoms in total. The van der Waals surface area contributed by atoms with E-state index in [9.17, 15) is 0 Å². The molecule has 0 saturated carbocycles. The van der Waals surface area contributed by atoms with Gasteiger partial charge >= 0.3 is 0 Å². The number of unbranched alkanes of at least 4 members (excludes halogenated alkanes) is 4. The summed E-state index contributed by atoms with van der Waals surface area (Å²) in [5.74, 6) is 4.64. The van der Waals surface area contributed by atoms with Gasteiger partial charge in [-0.2, -0.15) is 30.7 Å². The monoisotopic (exact) mass is 802 g/mol. The van der Waals surface area contributed by atoms with Crippen LogP contribution >= 0.6 is 0 Å². The van der Waals surface area contributed by atoms with E-state index in [2.05, 4.69) is 44.5 Å². The highest BCUT2D eigenvalue weighted by Gasteiger charge is 2.08. The van der Waals surface area contributed by atoms with Crippen LogP contribution in [-0.4, -0.2) is 13.2 Å². The molecule has 0 amide bonds. The molecule has 0 aliphatic rings. The summed E-state index contributed by atoms with van der Waals surface area (Å²) in [6.07, 6.45) is 6.81. The Kier molecular flexibility index (Phi) is 15.7. The zero-order valence-corrected chi connectivity index (χ0v) is 35.5. The average molecular weight is 803 g/mol. The lowest BCUT2D eigenvalue weighted by Crippen LogP contribution is -1.96. The van der Waals surface area contributed by atoms with Crippen LogP contribution in [0.3, 0.4) is 0 Å². The van der Waals surface area contributed by atoms with Crippen LogP contribution in [-0.2, 0) is 0 Å². The number of hydrogen-bond donors (Lipinski definition) is 0. The fourth-order valence-corrected chi connectivity index (χ4v) is 6.09. The maximum absolute atomic E-state index is 6.08. The van der Waals surface area contributed by atoms with E-state index < -0.39 is 0 Å². The lowest BCUT2D eigenvalue weighted by atomic mass is 10.1. The maximum atomic E-state index is 6.08. The molecule has 6 aromatic carbocycles. The van der Waals surface area contributed by atoms with Gasteiger partial charge in [0.15, 0.2) is 0 Å². The molecule has 0 spiro atoms. The molecule has 6 aromatic rings. The number of rotatable bonds is 20. The molecule has 6 rings (SSSR count). The molecule has 0 aromatic heterocycles. The van der Waals surface area contributed by atoms with Crippen molar-refractivity contribution in [2.75, 3.05) is 13.2 Å². The SMILES string of the molecule is CCCCCOc1ccc(Oc2ccc(N=Nc3ccc(/N=N/c4cc(C)c(N=Nc5ccc(Oc6ccc(OCCCCC)cc6)cc5C)cc4C)cc3)c(C)c2)cc1. The van der Waals surface area contributed by atoms with Crippen molar-refractivity contribution >= 4 is 34.1 Å². The van der Waals surface area contributed by atoms with Crippen LogP contribution < -0.4 is 18.9 Å². The molecular weight excluding hydrogens is 749 g/mol. The van der Waals surface area contributed by atoms with Crippen LogP contribution in [0.25, 0.3) is 0 Å². The second-order valence-electron chi connectivity index (χ2n) is 14.7. The van der Waals surface area contributed by atoms with E-state index in [1.165, 1.54) is 25.7 Å². The van der Waals surface area contributed by atoms with Gasteiger partial charge < -0.3 is 18.9 Å². The second-order valence-corrected chi connectivity index (χ2v) is 14.7. The van der Waals surface area contributed by atoms with Gasteiger partial charge in [0.1, 0.15) is 34.5 Å². The molecule has 10 heteroatoms. The van der Waals surface area contributed by atoms with Crippen molar-refractivity contribution < 1.29 is 18.9 Å². The molecule has 0 atom stereocenters. The van der Waals surface area contributed by atoms with E-state index in [-0.39, 0.29) is 0 Å². The summed E-state index contributed by atoms with van der Waals surface area (Å²) in [7, 11) is 0. The Balaban J connectivity index is 0.998. The second kappa shape index (κ2) is 21.9. The van der Waals surface area contributed by atoms with Crippen molar-refractivity contribution in [3.8, 4) is 34.5 Å². The fraction of sp³-hybridized carbons (Fsp3) is 0.280. The molecule has 308 valence electrons. The van der Waals surface area contributed by atoms with Crippen molar-refractivity contribution in [1.82, 2.24) is 0 Å². The molecule has 0 fully saturated rings. The van der Waals surface area contributed by atoms with E-state index >= 15 is 0 Å². The van der Waals surface area contributed by atoms with E-state index in [1.807, 2.05) is 149 Å². The maximum Gasteiger partial charge on any atom is 0.127 e. The molecule has 0 saturated heterocycles. The van der Waals surface area contributed by atoms with Gasteiger partial charge in [-0.15, -0.1) is 0 Å². The van der Waals surface area contributed by atoms with Crippen LogP contribution in [0.5, 0.6) is 34.5 Å². The van der Waals surface area contributed by atoms with Gasteiger partial charge in [-0.3, -0.25) is 0 Å². The standard InChI is InChI=1S/C50H54N6O4/c1-7-9-11-29-57-41-17-21-43(22-18-41)59-45-25-27-47(35(3)31-45)53-51-39-13-15-40(16-14-39)52-55-49-33-38(6)50(34-37(49)5)56-54-48-28-26-46(32-36(48)4)60-44-23-19-42(20-24-44)58-30-12-10-8-2/h13-28,31-34H,7-12,29-30H2,1-6H3/b53-51?,55-52+,56-54?. The number of aryl methyl sites for hydroxylation is 4. The highest BCUT2D eigenvalue weighted by atomic mass is 16.5. The molecule has 0 heterocycles. The Morgan fingerprint density at radius 3 is 1.07 bits per heavy atom. The van der Waals surface area contributed by atoms with Gasteiger partial charge in [-0.25, -0.2) is 0 Å². The first kappa shape index (κ1) is 42.9. The Morgan fingerprint density at radius 1 is 0.333 bits per heavy atom. The van der Waals surface area contributed by atoms with E-state index in [1.54, 1.807) is 0 Å². The largest absolute Gasteiger partial charge is 0.494 e. The summed E-state index contributed by atoms with van der Waals surface area (Å²) >= 11 is 0. The zero-order chi connectivity index (χ0) is 42.1. The first-order chi connectivity index (χ1) is 29.3. The topological polar surface area (TPSA) is 111 Å². The molecule has 60 heavy (non-hydrogen) atoms. The third-order valence-electron chi connectivity index (χ3n) is 9.66. The van der Waals surface area contributed by atoms with Crippen LogP contribution in [0, 0.1) is 27.7 Å². The molecule has 0 aliphatic carbocycles. The number of azo groups is 3. The highest BCUT2D eigenvalue weighted by molar-refractivity contribution is 5.59. The predicted octanol–water partition coefficient (Wildman–Crippen LogP) is 16.9. The highest BCUT2D eigenvalue weighted by Crippen LogP contribution is 2.34. The Hall–Kier alpha value is -6.68. The first-order valence-electron chi connectivity index (χ1n) is 20.8. The molecule has 0 bridgehead atoms. The summed E-state index contributed by atoms with van der Waals surface area (Å²) in [6, 6.07) is 38.4. The third kappa shape index (κ3) is 12.9. The van der Waals surface area contributed by atoms with Gasteiger partial charge in [0.05, 0.1) is 47.3 Å². The van der Waals surface area contributed by atoms with Gasteiger partial charge in [0.2, 0.25) is 0 Å². The van der Waals surface area contributed by atoms with Crippen LogP contribution in [0.2, 0.25) is 0 Å². The summed E-state index contributed by atoms with van der Waals surface area (Å²) < 4.78 is 23.8. The number of ether oxygens (including phenoxy) is 4. The minimum atomic E-state index is 0.704. The van der Waals surface area contributed by atoms with Crippen LogP contribution in [0.1, 0.15) is 74.6 Å². The van der Waals surface area contributed by atoms with Gasteiger partial charge in [0.25, 0.3) is 0 Å². The smallest absolute Gasteiger partial charge is 0.127 e. The average Bonchev–Trinajstić information content (AvgIpc) is 3.25. The van der Waals surface area contributed by atoms with Crippen molar-refractivity contribution in [3.05, 3.63) is 144 Å². The third-order valence-corrected chi connectivity index (χ3v) is 9.66. The summed E-state index contributed by atoms with van der Waals surface area (Å²) in [4.78, 5) is 0. The number of hydrogen-bond acceptors (Lipinski definition) is 10. The fourth-order valence-electron chi connectivity index (χ4n) is 6.09. The lowest BCUT2D eigenvalue weighted by Gasteiger charge is -2.10. The summed E-state index contributed by atoms with van der Waals surface area (Å²) in [5, 5.41) is 27.1. The summed E-state index contributed by atoms with van der Waals surface area (Å²) in [5.41, 5.74) is 8.25. The van der Waals surface area contributed by atoms with E-state index in [0.717, 1.165) is 106 Å². The first-order valence-corrected chi connectivity index (χ1v) is 20.8. The zero-order valence-electron chi connectivity index (χ0n) is 35.5. The van der Waals surface area contributed by atoms with Crippen molar-refractivity contribution in [1.29, 1.82) is 0 Å². The van der Waals surface area contributed by atoms with Crippen molar-refractivity contribution in [2.24, 2.45) is 30.7 Å². The Bertz CT molecular complexity index is 2390. The normalized spacial score (nSPS) is 11.5. The van der Waals surface area contributed by atoms with E-state index in [0.29, 0.717) is 11.4 Å². The minimum Gasteiger partial charge on any atom is -0.494 e. The quantitative estimate of drug-likeness (QED) is 0.0565. The van der Waals surface area contributed by atoms with Gasteiger partial charge in [-0.05, 0) is 184 Å². The molecule has 0 N–H and O–H groups in total. The Morgan fingerprint density at radius 2 is 0.667 bits per heavy atom. The molecular formula is C50H54N6O4. The van der Waals surface area contributed by atoms with Crippen molar-refractivity contribution in [2.45, 2.75) is 80.1 Å². The van der Waals surface area contributed by atoms with Crippen LogP contribution in [0.15, 0.2) is 152 Å². The van der Waals surface area contributed by atoms with Gasteiger partial charge in [0, 0.05) is 0 Å². The van der Waals surface area contributed by atoms with Gasteiger partial charge in [-0.1, -0.05) is 39.5 Å². The molecule has 0 radical (unpaired) electrons. The Labute approximate surface area is 354 Å². The summed E-state index contributed by atoms with van der Waals surface area (Å²) in [6.45, 7) is 13.8. The minimum absolute atomic E-state index is 0.704. The lowest BCUT2D eigenvalue weighted by molar-refractivity contribution is 0.305. The number of nitrogens with zero attached hydrogens (tertiary/aromatic N) is 6. The number of benzene rings is 6. The molecule has 0 aliphatic heterocycles. The van der Waals surface area contributed by atoms with Crippen molar-refractivity contribution in [3.63, 3.8) is 0 Å². The van der Waals surface area contributed by atoms with E-state index in [4.69, 9.17) is 18.9 Å². The van der Waals surface area contributed by atoms with Crippen LogP contribution in [0.4, 0.5) is 34.1 Å². The predicted molar refractivity (Wildman–Crippen MR) is 240 cm³/mol. The molecule has 0 unspecified atom stereocenters.